The van der Waals surface area contributed by atoms with E-state index in [-0.39, 0.29) is 4.58 Å². The van der Waals surface area contributed by atoms with E-state index >= 15 is 0 Å². The van der Waals surface area contributed by atoms with Gasteiger partial charge in [-0.05, 0) is 12.8 Å². The van der Waals surface area contributed by atoms with Crippen LogP contribution in [0.25, 0.3) is 0 Å². The van der Waals surface area contributed by atoms with Gasteiger partial charge in [-0.3, -0.25) is 0 Å². The van der Waals surface area contributed by atoms with Gasteiger partial charge in [-0.15, -0.1) is 0 Å². The highest BCUT2D eigenvalue weighted by Gasteiger charge is 1.92. The number of rotatable bonds is 4. The van der Waals surface area contributed by atoms with Crippen LogP contribution in [0.2, 0.25) is 0 Å². The molecule has 8 heavy (non-hydrogen) atoms. The highest BCUT2D eigenvalue weighted by molar-refractivity contribution is 7.99. The van der Waals surface area contributed by atoms with E-state index in [1.54, 1.807) is 0 Å². The maximum Gasteiger partial charge on any atom is 0.119 e. The highest BCUT2D eigenvalue weighted by atomic mass is 32.2. The van der Waals surface area contributed by atoms with Gasteiger partial charge in [0.25, 0.3) is 0 Å². The minimum Gasteiger partial charge on any atom is -0.303 e. The van der Waals surface area contributed by atoms with Gasteiger partial charge < -0.3 is 4.79 Å². The lowest BCUT2D eigenvalue weighted by Crippen LogP contribution is -1.86. The first-order valence-electron chi connectivity index (χ1n) is 2.57. The first-order valence-corrected chi connectivity index (χ1v) is 3.60. The van der Waals surface area contributed by atoms with Gasteiger partial charge in [0.15, 0.2) is 0 Å². The summed E-state index contributed by atoms with van der Waals surface area (Å²) in [5.74, 6) is 0. The SMILES string of the molecule is O=CCCCC(S)S. The van der Waals surface area contributed by atoms with E-state index in [0.29, 0.717) is 6.42 Å². The maximum absolute atomic E-state index is 9.74. The third kappa shape index (κ3) is 6.37. The molecule has 0 saturated heterocycles. The Balaban J connectivity index is 2.81. The fourth-order valence-corrected chi connectivity index (χ4v) is 0.749. The predicted octanol–water partition coefficient (Wildman–Crippen LogP) is 1.54. The molecule has 3 heteroatoms. The second kappa shape index (κ2) is 5.51. The molecule has 0 spiro atoms. The van der Waals surface area contributed by atoms with Gasteiger partial charge in [-0.2, -0.15) is 25.3 Å². The molecule has 0 atom stereocenters. The van der Waals surface area contributed by atoms with Crippen molar-refractivity contribution in [2.24, 2.45) is 0 Å². The zero-order valence-corrected chi connectivity index (χ0v) is 6.37. The van der Waals surface area contributed by atoms with Crippen LogP contribution in [0.4, 0.5) is 0 Å². The minimum absolute atomic E-state index is 0.134. The van der Waals surface area contributed by atoms with Crippen LogP contribution in [0.1, 0.15) is 19.3 Å². The lowest BCUT2D eigenvalue weighted by atomic mass is 10.3. The van der Waals surface area contributed by atoms with Crippen molar-refractivity contribution in [3.8, 4) is 0 Å². The van der Waals surface area contributed by atoms with Crippen molar-refractivity contribution in [3.05, 3.63) is 0 Å². The molecule has 0 N–H and O–H groups in total. The molecule has 48 valence electrons. The normalized spacial score (nSPS) is 9.88. The van der Waals surface area contributed by atoms with Gasteiger partial charge in [0.1, 0.15) is 6.29 Å². The van der Waals surface area contributed by atoms with Crippen molar-refractivity contribution in [3.63, 3.8) is 0 Å². The van der Waals surface area contributed by atoms with Crippen LogP contribution < -0.4 is 0 Å². The summed E-state index contributed by atoms with van der Waals surface area (Å²) in [6, 6.07) is 0. The molecule has 0 radical (unpaired) electrons. The third-order valence-corrected chi connectivity index (χ3v) is 1.30. The Labute approximate surface area is 60.7 Å². The quantitative estimate of drug-likeness (QED) is 0.269. The van der Waals surface area contributed by atoms with E-state index in [1.165, 1.54) is 0 Å². The van der Waals surface area contributed by atoms with Crippen LogP contribution in [-0.2, 0) is 4.79 Å². The summed E-state index contributed by atoms with van der Waals surface area (Å²) >= 11 is 8.04. The lowest BCUT2D eigenvalue weighted by Gasteiger charge is -1.97. The van der Waals surface area contributed by atoms with Gasteiger partial charge in [0.05, 0.1) is 0 Å². The molecule has 0 bridgehead atoms. The molecule has 0 aliphatic carbocycles. The van der Waals surface area contributed by atoms with Crippen molar-refractivity contribution in [1.29, 1.82) is 0 Å². The number of hydrogen-bond acceptors (Lipinski definition) is 3. The van der Waals surface area contributed by atoms with Crippen molar-refractivity contribution < 1.29 is 4.79 Å². The summed E-state index contributed by atoms with van der Waals surface area (Å²) in [5, 5.41) is 0. The molecule has 0 rings (SSSR count). The van der Waals surface area contributed by atoms with E-state index in [1.807, 2.05) is 0 Å². The number of hydrogen-bond donors (Lipinski definition) is 2. The van der Waals surface area contributed by atoms with E-state index in [2.05, 4.69) is 25.3 Å². The largest absolute Gasteiger partial charge is 0.303 e. The number of aldehydes is 1. The van der Waals surface area contributed by atoms with Gasteiger partial charge in [-0.25, -0.2) is 0 Å². The Morgan fingerprint density at radius 2 is 2.12 bits per heavy atom. The molecular weight excluding hydrogens is 140 g/mol. The first kappa shape index (κ1) is 8.37. The monoisotopic (exact) mass is 150 g/mol. The summed E-state index contributed by atoms with van der Waals surface area (Å²) in [4.78, 5) is 9.74. The molecule has 1 nitrogen and oxygen atoms in total. The number of unbranched alkanes of at least 4 members (excludes halogenated alkanes) is 1. The Kier molecular flexibility index (Phi) is 5.76. The summed E-state index contributed by atoms with van der Waals surface area (Å²) in [5.41, 5.74) is 0. The zero-order valence-electron chi connectivity index (χ0n) is 4.58. The fraction of sp³-hybridized carbons (Fsp3) is 0.800. The minimum atomic E-state index is 0.134. The van der Waals surface area contributed by atoms with Crippen LogP contribution in [0.3, 0.4) is 0 Å². The van der Waals surface area contributed by atoms with E-state index in [9.17, 15) is 4.79 Å². The molecule has 0 aliphatic heterocycles. The predicted molar refractivity (Wildman–Crippen MR) is 41.7 cm³/mol. The Bertz CT molecular complexity index is 63.4. The summed E-state index contributed by atoms with van der Waals surface area (Å²) in [7, 11) is 0. The number of carbonyl (C=O) groups excluding carboxylic acids is 1. The Morgan fingerprint density at radius 3 is 2.50 bits per heavy atom. The second-order valence-corrected chi connectivity index (χ2v) is 3.23. The molecule has 0 unspecified atom stereocenters. The zero-order chi connectivity index (χ0) is 6.41. The second-order valence-electron chi connectivity index (χ2n) is 1.58. The van der Waals surface area contributed by atoms with Crippen molar-refractivity contribution in [1.82, 2.24) is 0 Å². The van der Waals surface area contributed by atoms with Crippen LogP contribution >= 0.6 is 25.3 Å². The molecular formula is C5H10OS2. The van der Waals surface area contributed by atoms with Crippen molar-refractivity contribution in [2.75, 3.05) is 0 Å². The van der Waals surface area contributed by atoms with E-state index in [0.717, 1.165) is 19.1 Å². The van der Waals surface area contributed by atoms with Crippen molar-refractivity contribution in [2.45, 2.75) is 23.8 Å². The smallest absolute Gasteiger partial charge is 0.119 e. The van der Waals surface area contributed by atoms with Crippen LogP contribution in [-0.4, -0.2) is 10.9 Å². The van der Waals surface area contributed by atoms with Crippen LogP contribution in [0, 0.1) is 0 Å². The first-order chi connectivity index (χ1) is 3.77. The molecule has 0 heterocycles. The topological polar surface area (TPSA) is 17.1 Å². The number of carbonyl (C=O) groups is 1. The summed E-state index contributed by atoms with van der Waals surface area (Å²) in [6.07, 6.45) is 3.37. The van der Waals surface area contributed by atoms with Crippen LogP contribution in [0.15, 0.2) is 0 Å². The van der Waals surface area contributed by atoms with E-state index < -0.39 is 0 Å². The Hall–Kier alpha value is 0.370. The molecule has 0 fully saturated rings. The van der Waals surface area contributed by atoms with Gasteiger partial charge >= 0.3 is 0 Å². The molecule has 0 aromatic heterocycles. The van der Waals surface area contributed by atoms with Crippen molar-refractivity contribution >= 4 is 31.5 Å². The summed E-state index contributed by atoms with van der Waals surface area (Å²) < 4.78 is 0.134. The average Bonchev–Trinajstić information content (AvgIpc) is 1.66. The van der Waals surface area contributed by atoms with Gasteiger partial charge in [-0.1, -0.05) is 0 Å². The molecule has 0 amide bonds. The van der Waals surface area contributed by atoms with Gasteiger partial charge in [0.2, 0.25) is 0 Å². The average molecular weight is 150 g/mol. The Morgan fingerprint density at radius 1 is 1.50 bits per heavy atom. The lowest BCUT2D eigenvalue weighted by molar-refractivity contribution is -0.107. The third-order valence-electron chi connectivity index (χ3n) is 0.784. The molecule has 0 aromatic carbocycles. The van der Waals surface area contributed by atoms with Gasteiger partial charge in [0, 0.05) is 11.0 Å². The fourth-order valence-electron chi connectivity index (χ4n) is 0.384. The number of thiol groups is 2. The van der Waals surface area contributed by atoms with Crippen LogP contribution in [0.5, 0.6) is 0 Å². The maximum atomic E-state index is 9.74. The molecule has 0 aromatic rings. The molecule has 0 aliphatic rings. The molecule has 0 saturated carbocycles. The standard InChI is InChI=1S/C5H10OS2/c6-4-2-1-3-5(7)8/h4-5,7-8H,1-3H2. The highest BCUT2D eigenvalue weighted by Crippen LogP contribution is 2.08. The van der Waals surface area contributed by atoms with E-state index in [4.69, 9.17) is 0 Å². The summed E-state index contributed by atoms with van der Waals surface area (Å²) in [6.45, 7) is 0.